The Hall–Kier alpha value is -2.47. The molecule has 1 atom stereocenters. The summed E-state index contributed by atoms with van der Waals surface area (Å²) in [6.45, 7) is -0.0370. The van der Waals surface area contributed by atoms with Crippen LogP contribution in [-0.4, -0.2) is 18.4 Å². The molecule has 1 heterocycles. The summed E-state index contributed by atoms with van der Waals surface area (Å²) in [5.74, 6) is -3.20. The lowest BCUT2D eigenvalue weighted by atomic mass is 10.1. The van der Waals surface area contributed by atoms with Gasteiger partial charge in [-0.2, -0.15) is 0 Å². The maximum Gasteiger partial charge on any atom is 0.316 e. The first-order chi connectivity index (χ1) is 11.5. The molecule has 1 unspecified atom stereocenters. The van der Waals surface area contributed by atoms with Crippen molar-refractivity contribution < 1.29 is 23.1 Å². The van der Waals surface area contributed by atoms with Gasteiger partial charge in [-0.15, -0.1) is 0 Å². The van der Waals surface area contributed by atoms with E-state index in [1.165, 1.54) is 12.1 Å². The standard InChI is InChI=1S/C17H12ClF2NO3/c18-12-3-1-2-4-15(12)24-17(23)10-7-16(22)21(9-10)14-6-5-11(19)8-13(14)20/h1-6,8,10H,7,9H2. The zero-order valence-electron chi connectivity index (χ0n) is 12.3. The Kier molecular flexibility index (Phi) is 4.49. The minimum absolute atomic E-state index is 0.0370. The van der Waals surface area contributed by atoms with E-state index in [1.54, 1.807) is 18.2 Å². The van der Waals surface area contributed by atoms with Gasteiger partial charge >= 0.3 is 5.97 Å². The third kappa shape index (κ3) is 3.23. The van der Waals surface area contributed by atoms with E-state index in [9.17, 15) is 18.4 Å². The molecule has 7 heteroatoms. The monoisotopic (exact) mass is 351 g/mol. The highest BCUT2D eigenvalue weighted by Crippen LogP contribution is 2.30. The van der Waals surface area contributed by atoms with Gasteiger partial charge in [-0.3, -0.25) is 9.59 Å². The average Bonchev–Trinajstić information content (AvgIpc) is 2.91. The number of benzene rings is 2. The van der Waals surface area contributed by atoms with Crippen molar-refractivity contribution in [1.29, 1.82) is 0 Å². The van der Waals surface area contributed by atoms with Gasteiger partial charge in [-0.1, -0.05) is 23.7 Å². The molecular weight excluding hydrogens is 340 g/mol. The molecule has 0 bridgehead atoms. The first-order valence-electron chi connectivity index (χ1n) is 7.17. The van der Waals surface area contributed by atoms with E-state index in [4.69, 9.17) is 16.3 Å². The van der Waals surface area contributed by atoms with Gasteiger partial charge in [0.05, 0.1) is 16.6 Å². The van der Waals surface area contributed by atoms with Crippen LogP contribution >= 0.6 is 11.6 Å². The fourth-order valence-corrected chi connectivity index (χ4v) is 2.69. The SMILES string of the molecule is O=C(Oc1ccccc1Cl)C1CC(=O)N(c2ccc(F)cc2F)C1. The van der Waals surface area contributed by atoms with Crippen LogP contribution in [0.15, 0.2) is 42.5 Å². The number of ether oxygens (including phenoxy) is 1. The first-order valence-corrected chi connectivity index (χ1v) is 7.55. The highest BCUT2D eigenvalue weighted by Gasteiger charge is 2.37. The summed E-state index contributed by atoms with van der Waals surface area (Å²) in [7, 11) is 0. The van der Waals surface area contributed by atoms with Crippen molar-refractivity contribution in [3.8, 4) is 5.75 Å². The smallest absolute Gasteiger partial charge is 0.316 e. The van der Waals surface area contributed by atoms with Crippen molar-refractivity contribution in [2.24, 2.45) is 5.92 Å². The van der Waals surface area contributed by atoms with Crippen molar-refractivity contribution in [3.05, 3.63) is 59.1 Å². The van der Waals surface area contributed by atoms with Crippen molar-refractivity contribution in [2.45, 2.75) is 6.42 Å². The van der Waals surface area contributed by atoms with E-state index in [0.717, 1.165) is 11.0 Å². The summed E-state index contributed by atoms with van der Waals surface area (Å²) in [5, 5.41) is 0.275. The van der Waals surface area contributed by atoms with Crippen LogP contribution in [0.25, 0.3) is 0 Å². The molecule has 2 aromatic rings. The molecule has 124 valence electrons. The van der Waals surface area contributed by atoms with Crippen molar-refractivity contribution >= 4 is 29.2 Å². The Bertz CT molecular complexity index is 812. The van der Waals surface area contributed by atoms with Crippen molar-refractivity contribution in [3.63, 3.8) is 0 Å². The van der Waals surface area contributed by atoms with Gasteiger partial charge < -0.3 is 9.64 Å². The van der Waals surface area contributed by atoms with Crippen LogP contribution in [0.1, 0.15) is 6.42 Å². The number of amides is 1. The fraction of sp³-hybridized carbons (Fsp3) is 0.176. The molecule has 3 rings (SSSR count). The number of halogens is 3. The first kappa shape index (κ1) is 16.4. The van der Waals surface area contributed by atoms with Crippen LogP contribution in [-0.2, 0) is 9.59 Å². The fourth-order valence-electron chi connectivity index (χ4n) is 2.52. The van der Waals surface area contributed by atoms with Crippen molar-refractivity contribution in [1.82, 2.24) is 0 Å². The molecule has 4 nitrogen and oxygen atoms in total. The van der Waals surface area contributed by atoms with Crippen LogP contribution in [0.2, 0.25) is 5.02 Å². The lowest BCUT2D eigenvalue weighted by molar-refractivity contribution is -0.139. The van der Waals surface area contributed by atoms with Crippen LogP contribution in [0.5, 0.6) is 5.75 Å². The van der Waals surface area contributed by atoms with E-state index in [1.807, 2.05) is 0 Å². The van der Waals surface area contributed by atoms with Crippen LogP contribution < -0.4 is 9.64 Å². The topological polar surface area (TPSA) is 46.6 Å². The minimum Gasteiger partial charge on any atom is -0.425 e. The van der Waals surface area contributed by atoms with Crippen LogP contribution in [0.4, 0.5) is 14.5 Å². The summed E-state index contributed by atoms with van der Waals surface area (Å²) in [6, 6.07) is 9.38. The Morgan fingerprint density at radius 3 is 2.67 bits per heavy atom. The summed E-state index contributed by atoms with van der Waals surface area (Å²) >= 11 is 5.92. The van der Waals surface area contributed by atoms with Gasteiger partial charge in [0.25, 0.3) is 0 Å². The zero-order valence-corrected chi connectivity index (χ0v) is 13.1. The third-order valence-corrected chi connectivity index (χ3v) is 4.02. The predicted molar refractivity (Wildman–Crippen MR) is 83.9 cm³/mol. The molecule has 1 saturated heterocycles. The molecule has 0 N–H and O–H groups in total. The Labute approximate surface area is 141 Å². The number of rotatable bonds is 3. The van der Waals surface area contributed by atoms with Gasteiger partial charge in [-0.05, 0) is 24.3 Å². The molecule has 1 aliphatic heterocycles. The normalized spacial score (nSPS) is 17.2. The average molecular weight is 352 g/mol. The molecule has 1 aliphatic rings. The third-order valence-electron chi connectivity index (χ3n) is 3.71. The summed E-state index contributed by atoms with van der Waals surface area (Å²) in [5.41, 5.74) is -0.0607. The quantitative estimate of drug-likeness (QED) is 0.627. The number of esters is 1. The molecule has 2 aromatic carbocycles. The lowest BCUT2D eigenvalue weighted by Gasteiger charge is -2.17. The number of hydrogen-bond donors (Lipinski definition) is 0. The number of nitrogens with zero attached hydrogens (tertiary/aromatic N) is 1. The van der Waals surface area contributed by atoms with Gasteiger partial charge in [0.1, 0.15) is 17.4 Å². The Morgan fingerprint density at radius 1 is 1.21 bits per heavy atom. The summed E-state index contributed by atoms with van der Waals surface area (Å²) in [4.78, 5) is 25.4. The van der Waals surface area contributed by atoms with E-state index in [2.05, 4.69) is 0 Å². The molecule has 0 radical (unpaired) electrons. The molecule has 0 aliphatic carbocycles. The Morgan fingerprint density at radius 2 is 1.96 bits per heavy atom. The number of para-hydroxylation sites is 1. The molecule has 24 heavy (non-hydrogen) atoms. The second-order valence-electron chi connectivity index (χ2n) is 5.35. The molecule has 0 saturated carbocycles. The van der Waals surface area contributed by atoms with Crippen LogP contribution in [0, 0.1) is 17.6 Å². The number of carbonyl (C=O) groups excluding carboxylic acids is 2. The Balaban J connectivity index is 1.74. The van der Waals surface area contributed by atoms with Crippen LogP contribution in [0.3, 0.4) is 0 Å². The minimum atomic E-state index is -0.858. The van der Waals surface area contributed by atoms with E-state index < -0.39 is 29.4 Å². The molecule has 1 amide bonds. The number of anilines is 1. The summed E-state index contributed by atoms with van der Waals surface area (Å²) in [6.07, 6.45) is -0.111. The zero-order chi connectivity index (χ0) is 17.3. The molecule has 1 fully saturated rings. The second-order valence-corrected chi connectivity index (χ2v) is 5.76. The second kappa shape index (κ2) is 6.57. The van der Waals surface area contributed by atoms with Gasteiger partial charge in [0.2, 0.25) is 5.91 Å². The maximum atomic E-state index is 13.8. The molecule has 0 aromatic heterocycles. The highest BCUT2D eigenvalue weighted by atomic mass is 35.5. The van der Waals surface area contributed by atoms with E-state index in [-0.39, 0.29) is 29.4 Å². The van der Waals surface area contributed by atoms with E-state index >= 15 is 0 Å². The highest BCUT2D eigenvalue weighted by molar-refractivity contribution is 6.32. The van der Waals surface area contributed by atoms with E-state index in [0.29, 0.717) is 6.07 Å². The maximum absolute atomic E-state index is 13.8. The van der Waals surface area contributed by atoms with Gasteiger partial charge in [0, 0.05) is 19.0 Å². The molecular formula is C17H12ClF2NO3. The predicted octanol–water partition coefficient (Wildman–Crippen LogP) is 3.58. The van der Waals surface area contributed by atoms with Gasteiger partial charge in [0.15, 0.2) is 0 Å². The number of hydrogen-bond acceptors (Lipinski definition) is 3. The molecule has 0 spiro atoms. The largest absolute Gasteiger partial charge is 0.425 e. The lowest BCUT2D eigenvalue weighted by Crippen LogP contribution is -2.28. The summed E-state index contributed by atoms with van der Waals surface area (Å²) < 4.78 is 32.0. The van der Waals surface area contributed by atoms with Gasteiger partial charge in [-0.25, -0.2) is 8.78 Å². The van der Waals surface area contributed by atoms with Crippen molar-refractivity contribution in [2.75, 3.05) is 11.4 Å². The number of carbonyl (C=O) groups is 2.